The molecule has 0 atom stereocenters. The minimum atomic E-state index is -4.31. The molecule has 2 aromatic rings. The Morgan fingerprint density at radius 1 is 1.00 bits per heavy atom. The van der Waals surface area contributed by atoms with Crippen LogP contribution in [0.25, 0.3) is 0 Å². The van der Waals surface area contributed by atoms with Crippen molar-refractivity contribution < 1.29 is 13.2 Å². The van der Waals surface area contributed by atoms with Gasteiger partial charge in [0.25, 0.3) is 0 Å². The Balaban J connectivity index is 1.88. The van der Waals surface area contributed by atoms with Gasteiger partial charge in [-0.15, -0.1) is 0 Å². The lowest BCUT2D eigenvalue weighted by atomic mass is 10.1. The van der Waals surface area contributed by atoms with E-state index in [1.54, 1.807) is 0 Å². The number of aryl methyl sites for hydroxylation is 1. The van der Waals surface area contributed by atoms with Gasteiger partial charge in [0.15, 0.2) is 0 Å². The highest BCUT2D eigenvalue weighted by Gasteiger charge is 2.29. The predicted molar refractivity (Wildman–Crippen MR) is 79.2 cm³/mol. The molecule has 2 rings (SSSR count). The zero-order chi connectivity index (χ0) is 15.3. The maximum Gasteiger partial charge on any atom is 0.416 e. The first-order valence-electron chi connectivity index (χ1n) is 6.14. The molecule has 0 aromatic heterocycles. The van der Waals surface area contributed by atoms with Crippen LogP contribution in [0.4, 0.5) is 13.2 Å². The number of hydrogen-bond acceptors (Lipinski definition) is 3. The topological polar surface area (TPSA) is 24.4 Å². The van der Waals surface area contributed by atoms with E-state index in [-0.39, 0.29) is 0 Å². The lowest BCUT2D eigenvalue weighted by Crippen LogP contribution is -2.04. The highest BCUT2D eigenvalue weighted by molar-refractivity contribution is 7.97. The summed E-state index contributed by atoms with van der Waals surface area (Å²) in [5.41, 5.74) is 1.11. The molecule has 0 amide bonds. The second-order valence-corrected chi connectivity index (χ2v) is 5.24. The van der Waals surface area contributed by atoms with E-state index in [1.807, 2.05) is 31.2 Å². The Bertz CT molecular complexity index is 604. The van der Waals surface area contributed by atoms with Gasteiger partial charge in [-0.05, 0) is 36.8 Å². The highest BCUT2D eigenvalue weighted by Crippen LogP contribution is 2.28. The van der Waals surface area contributed by atoms with Gasteiger partial charge in [-0.3, -0.25) is 0 Å². The van der Waals surface area contributed by atoms with Crippen LogP contribution < -0.4 is 4.83 Å². The first-order chi connectivity index (χ1) is 9.95. The first kappa shape index (κ1) is 15.4. The van der Waals surface area contributed by atoms with Crippen molar-refractivity contribution in [2.75, 3.05) is 0 Å². The molecule has 6 heteroatoms. The monoisotopic (exact) mass is 310 g/mol. The van der Waals surface area contributed by atoms with Crippen molar-refractivity contribution in [1.29, 1.82) is 0 Å². The van der Waals surface area contributed by atoms with Crippen LogP contribution >= 0.6 is 11.9 Å². The van der Waals surface area contributed by atoms with Crippen molar-refractivity contribution in [1.82, 2.24) is 4.83 Å². The van der Waals surface area contributed by atoms with E-state index in [9.17, 15) is 13.2 Å². The molecule has 2 aromatic carbocycles. The van der Waals surface area contributed by atoms with Crippen molar-refractivity contribution in [2.45, 2.75) is 18.0 Å². The van der Waals surface area contributed by atoms with Gasteiger partial charge >= 0.3 is 6.18 Å². The van der Waals surface area contributed by atoms with Gasteiger partial charge in [-0.2, -0.15) is 18.3 Å². The summed E-state index contributed by atoms with van der Waals surface area (Å²) in [6, 6.07) is 12.7. The van der Waals surface area contributed by atoms with Gasteiger partial charge in [-0.25, -0.2) is 4.83 Å². The Morgan fingerprint density at radius 2 is 1.62 bits per heavy atom. The molecule has 21 heavy (non-hydrogen) atoms. The number of alkyl halides is 3. The summed E-state index contributed by atoms with van der Waals surface area (Å²) in [5.74, 6) is 0. The average Bonchev–Trinajstić information content (AvgIpc) is 2.45. The summed E-state index contributed by atoms with van der Waals surface area (Å²) in [6.07, 6.45) is -2.84. The van der Waals surface area contributed by atoms with E-state index in [0.717, 1.165) is 17.0 Å². The second kappa shape index (κ2) is 6.67. The van der Waals surface area contributed by atoms with Gasteiger partial charge in [0.2, 0.25) is 0 Å². The zero-order valence-electron chi connectivity index (χ0n) is 11.2. The van der Waals surface area contributed by atoms with Crippen LogP contribution in [-0.4, -0.2) is 6.21 Å². The fourth-order valence-electron chi connectivity index (χ4n) is 1.54. The number of nitrogens with one attached hydrogen (secondary N) is 1. The van der Waals surface area contributed by atoms with Crippen molar-refractivity contribution >= 4 is 18.2 Å². The van der Waals surface area contributed by atoms with E-state index in [4.69, 9.17) is 0 Å². The van der Waals surface area contributed by atoms with E-state index in [1.165, 1.54) is 35.9 Å². The summed E-state index contributed by atoms with van der Waals surface area (Å²) < 4.78 is 37.2. The van der Waals surface area contributed by atoms with E-state index < -0.39 is 11.7 Å². The minimum Gasteiger partial charge on any atom is -0.247 e. The summed E-state index contributed by atoms with van der Waals surface area (Å²) in [7, 11) is 0. The maximum atomic E-state index is 12.4. The molecule has 0 aliphatic rings. The first-order valence-corrected chi connectivity index (χ1v) is 6.95. The van der Waals surface area contributed by atoms with Crippen LogP contribution in [0.3, 0.4) is 0 Å². The van der Waals surface area contributed by atoms with Gasteiger partial charge in [0.1, 0.15) is 0 Å². The summed E-state index contributed by atoms with van der Waals surface area (Å²) in [4.78, 5) is 3.78. The largest absolute Gasteiger partial charge is 0.416 e. The predicted octanol–water partition coefficient (Wildman–Crippen LogP) is 4.64. The fourth-order valence-corrected chi connectivity index (χ4v) is 2.03. The Morgan fingerprint density at radius 3 is 2.19 bits per heavy atom. The number of benzene rings is 2. The molecule has 0 saturated carbocycles. The molecule has 0 bridgehead atoms. The molecule has 0 spiro atoms. The third-order valence-corrected chi connectivity index (χ3v) is 3.39. The molecule has 0 radical (unpaired) electrons. The molecule has 110 valence electrons. The standard InChI is InChI=1S/C15H13F3N2S/c1-11-2-8-14(9-3-11)21-20-19-10-12-4-6-13(7-5-12)15(16,17)18/h2-10,20H,1H3/b19-10+. The molecular formula is C15H13F3N2S. The Kier molecular flexibility index (Phi) is 4.90. The molecule has 0 aliphatic heterocycles. The van der Waals surface area contributed by atoms with Crippen LogP contribution in [0.5, 0.6) is 0 Å². The molecule has 0 unspecified atom stereocenters. The molecular weight excluding hydrogens is 297 g/mol. The van der Waals surface area contributed by atoms with Crippen molar-refractivity contribution in [3.8, 4) is 0 Å². The molecule has 2 nitrogen and oxygen atoms in total. The Hall–Kier alpha value is -1.95. The van der Waals surface area contributed by atoms with Crippen molar-refractivity contribution in [3.63, 3.8) is 0 Å². The summed E-state index contributed by atoms with van der Waals surface area (Å²) >= 11 is 1.33. The molecule has 0 heterocycles. The number of nitrogens with zero attached hydrogens (tertiary/aromatic N) is 1. The zero-order valence-corrected chi connectivity index (χ0v) is 12.0. The van der Waals surface area contributed by atoms with Crippen LogP contribution in [0.1, 0.15) is 16.7 Å². The highest BCUT2D eigenvalue weighted by atomic mass is 32.2. The van der Waals surface area contributed by atoms with Crippen LogP contribution in [-0.2, 0) is 6.18 Å². The summed E-state index contributed by atoms with van der Waals surface area (Å²) in [5, 5.41) is 3.96. The summed E-state index contributed by atoms with van der Waals surface area (Å²) in [6.45, 7) is 2.00. The quantitative estimate of drug-likeness (QED) is 0.505. The normalized spacial score (nSPS) is 11.8. The van der Waals surface area contributed by atoms with Gasteiger partial charge in [0.05, 0.1) is 11.8 Å². The average molecular weight is 310 g/mol. The van der Waals surface area contributed by atoms with E-state index in [0.29, 0.717) is 5.56 Å². The number of halogens is 3. The fraction of sp³-hybridized carbons (Fsp3) is 0.133. The third-order valence-electron chi connectivity index (χ3n) is 2.69. The SMILES string of the molecule is Cc1ccc(SN/N=C/c2ccc(C(F)(F)F)cc2)cc1. The van der Waals surface area contributed by atoms with E-state index >= 15 is 0 Å². The number of hydrogen-bond donors (Lipinski definition) is 1. The molecule has 1 N–H and O–H groups in total. The van der Waals surface area contributed by atoms with Crippen LogP contribution in [0.2, 0.25) is 0 Å². The smallest absolute Gasteiger partial charge is 0.247 e. The van der Waals surface area contributed by atoms with Gasteiger partial charge in [-0.1, -0.05) is 29.8 Å². The maximum absolute atomic E-state index is 12.4. The number of rotatable bonds is 4. The van der Waals surface area contributed by atoms with Crippen LogP contribution in [0.15, 0.2) is 58.5 Å². The van der Waals surface area contributed by atoms with E-state index in [2.05, 4.69) is 9.93 Å². The molecule has 0 aliphatic carbocycles. The lowest BCUT2D eigenvalue weighted by molar-refractivity contribution is -0.137. The van der Waals surface area contributed by atoms with Gasteiger partial charge in [0, 0.05) is 16.8 Å². The number of hydrazone groups is 1. The van der Waals surface area contributed by atoms with Crippen LogP contribution in [0, 0.1) is 6.92 Å². The second-order valence-electron chi connectivity index (χ2n) is 4.38. The van der Waals surface area contributed by atoms with Crippen molar-refractivity contribution in [2.24, 2.45) is 5.10 Å². The Labute approximate surface area is 125 Å². The molecule has 0 saturated heterocycles. The lowest BCUT2D eigenvalue weighted by Gasteiger charge is -2.05. The molecule has 0 fully saturated rings. The third kappa shape index (κ3) is 4.82. The van der Waals surface area contributed by atoms with Gasteiger partial charge < -0.3 is 0 Å². The van der Waals surface area contributed by atoms with Crippen molar-refractivity contribution in [3.05, 3.63) is 65.2 Å². The minimum absolute atomic E-state index is 0.597.